The summed E-state index contributed by atoms with van der Waals surface area (Å²) in [6, 6.07) is 8.00. The Morgan fingerprint density at radius 2 is 1.81 bits per heavy atom. The molecule has 3 rings (SSSR count). The van der Waals surface area contributed by atoms with Crippen LogP contribution in [-0.4, -0.2) is 32.1 Å². The fourth-order valence-corrected chi connectivity index (χ4v) is 2.98. The molecule has 0 aliphatic heterocycles. The standard InChI is InChI=1S/C19H16FNO5/c20-12-4-5-13-11(9-21-14(13)8-12)6-10(19(25)26)7-17(24)18-15(22)2-1-3-16(18)23/h1-5,8-10,21-23H,6-7H2,(H,25,26). The molecule has 0 radical (unpaired) electrons. The number of carbonyl (C=O) groups is 2. The molecule has 134 valence electrons. The van der Waals surface area contributed by atoms with Crippen LogP contribution < -0.4 is 0 Å². The quantitative estimate of drug-likeness (QED) is 0.506. The van der Waals surface area contributed by atoms with Crippen LogP contribution in [0.1, 0.15) is 22.3 Å². The van der Waals surface area contributed by atoms with Crippen LogP contribution in [0.4, 0.5) is 4.39 Å². The number of aromatic amines is 1. The Kier molecular flexibility index (Phi) is 4.62. The summed E-state index contributed by atoms with van der Waals surface area (Å²) in [5, 5.41) is 29.7. The number of ketones is 1. The molecular weight excluding hydrogens is 341 g/mol. The zero-order chi connectivity index (χ0) is 18.8. The number of hydrogen-bond donors (Lipinski definition) is 4. The van der Waals surface area contributed by atoms with E-state index in [-0.39, 0.29) is 12.0 Å². The van der Waals surface area contributed by atoms with Crippen molar-refractivity contribution in [1.29, 1.82) is 0 Å². The summed E-state index contributed by atoms with van der Waals surface area (Å²) in [7, 11) is 0. The number of benzene rings is 2. The summed E-state index contributed by atoms with van der Waals surface area (Å²) in [5.41, 5.74) is 0.885. The van der Waals surface area contributed by atoms with Crippen LogP contribution >= 0.6 is 0 Å². The maximum absolute atomic E-state index is 13.3. The van der Waals surface area contributed by atoms with E-state index in [9.17, 15) is 29.3 Å². The van der Waals surface area contributed by atoms with Crippen LogP contribution in [0, 0.1) is 11.7 Å². The lowest BCUT2D eigenvalue weighted by Gasteiger charge is -2.12. The molecule has 0 bridgehead atoms. The van der Waals surface area contributed by atoms with Crippen molar-refractivity contribution < 1.29 is 29.3 Å². The molecule has 0 amide bonds. The monoisotopic (exact) mass is 357 g/mol. The number of aromatic nitrogens is 1. The van der Waals surface area contributed by atoms with Crippen molar-refractivity contribution >= 4 is 22.7 Å². The van der Waals surface area contributed by atoms with E-state index in [0.29, 0.717) is 16.5 Å². The van der Waals surface area contributed by atoms with Crippen molar-refractivity contribution in [3.8, 4) is 11.5 Å². The number of rotatable bonds is 6. The number of hydrogen-bond acceptors (Lipinski definition) is 4. The van der Waals surface area contributed by atoms with Gasteiger partial charge in [0, 0.05) is 23.5 Å². The number of carboxylic acid groups (broad SMARTS) is 1. The number of phenols is 2. The summed E-state index contributed by atoms with van der Waals surface area (Å²) in [6.07, 6.45) is 1.23. The van der Waals surface area contributed by atoms with Gasteiger partial charge in [-0.3, -0.25) is 9.59 Å². The summed E-state index contributed by atoms with van der Waals surface area (Å²) in [6.45, 7) is 0. The zero-order valence-electron chi connectivity index (χ0n) is 13.6. The molecule has 0 spiro atoms. The van der Waals surface area contributed by atoms with Gasteiger partial charge in [0.1, 0.15) is 22.9 Å². The molecule has 6 nitrogen and oxygen atoms in total. The number of carbonyl (C=O) groups excluding carboxylic acids is 1. The van der Waals surface area contributed by atoms with E-state index in [1.165, 1.54) is 30.3 Å². The van der Waals surface area contributed by atoms with Gasteiger partial charge in [-0.1, -0.05) is 6.07 Å². The first-order valence-corrected chi connectivity index (χ1v) is 7.89. The normalized spacial score (nSPS) is 12.2. The van der Waals surface area contributed by atoms with Gasteiger partial charge in [-0.2, -0.15) is 0 Å². The van der Waals surface area contributed by atoms with Crippen LogP contribution in [0.25, 0.3) is 10.9 Å². The summed E-state index contributed by atoms with van der Waals surface area (Å²) in [5.74, 6) is -4.12. The third-order valence-corrected chi connectivity index (χ3v) is 4.28. The number of halogens is 1. The second-order valence-electron chi connectivity index (χ2n) is 6.04. The number of phenolic OH excluding ortho intramolecular Hbond substituents is 2. The number of fused-ring (bicyclic) bond motifs is 1. The Labute approximate surface area is 147 Å². The number of Topliss-reactive ketones (excluding diaryl/α,β-unsaturated/α-hetero) is 1. The fraction of sp³-hybridized carbons (Fsp3) is 0.158. The van der Waals surface area contributed by atoms with Crippen molar-refractivity contribution in [2.75, 3.05) is 0 Å². The highest BCUT2D eigenvalue weighted by atomic mass is 19.1. The highest BCUT2D eigenvalue weighted by Gasteiger charge is 2.26. The first-order valence-electron chi connectivity index (χ1n) is 7.89. The molecule has 0 saturated heterocycles. The van der Waals surface area contributed by atoms with E-state index in [2.05, 4.69) is 4.98 Å². The Balaban J connectivity index is 1.85. The second kappa shape index (κ2) is 6.87. The van der Waals surface area contributed by atoms with Crippen LogP contribution in [-0.2, 0) is 11.2 Å². The third kappa shape index (κ3) is 3.37. The van der Waals surface area contributed by atoms with Gasteiger partial charge in [0.15, 0.2) is 5.78 Å². The van der Waals surface area contributed by atoms with Gasteiger partial charge in [0.25, 0.3) is 0 Å². The Bertz CT molecular complexity index is 975. The molecule has 2 aromatic carbocycles. The van der Waals surface area contributed by atoms with Crippen molar-refractivity contribution in [3.63, 3.8) is 0 Å². The van der Waals surface area contributed by atoms with Crippen LogP contribution in [0.3, 0.4) is 0 Å². The van der Waals surface area contributed by atoms with Crippen molar-refractivity contribution in [2.45, 2.75) is 12.8 Å². The van der Waals surface area contributed by atoms with Crippen molar-refractivity contribution in [1.82, 2.24) is 4.98 Å². The number of carboxylic acids is 1. The molecule has 0 saturated carbocycles. The predicted molar refractivity (Wildman–Crippen MR) is 91.8 cm³/mol. The predicted octanol–water partition coefficient (Wildman–Crippen LogP) is 3.23. The average Bonchev–Trinajstić information content (AvgIpc) is 2.96. The minimum atomic E-state index is -1.18. The molecule has 4 N–H and O–H groups in total. The Morgan fingerprint density at radius 1 is 1.12 bits per heavy atom. The lowest BCUT2D eigenvalue weighted by Crippen LogP contribution is -2.20. The topological polar surface area (TPSA) is 111 Å². The fourth-order valence-electron chi connectivity index (χ4n) is 2.98. The second-order valence-corrected chi connectivity index (χ2v) is 6.04. The molecule has 1 unspecified atom stereocenters. The van der Waals surface area contributed by atoms with Crippen molar-refractivity contribution in [2.24, 2.45) is 5.92 Å². The van der Waals surface area contributed by atoms with Gasteiger partial charge >= 0.3 is 5.97 Å². The first-order chi connectivity index (χ1) is 12.4. The maximum Gasteiger partial charge on any atom is 0.307 e. The Hall–Kier alpha value is -3.35. The molecular formula is C19H16FNO5. The third-order valence-electron chi connectivity index (χ3n) is 4.28. The average molecular weight is 357 g/mol. The lowest BCUT2D eigenvalue weighted by atomic mass is 9.91. The number of nitrogens with one attached hydrogen (secondary N) is 1. The van der Waals surface area contributed by atoms with Gasteiger partial charge in [0.05, 0.1) is 5.92 Å². The molecule has 26 heavy (non-hydrogen) atoms. The summed E-state index contributed by atoms with van der Waals surface area (Å²) < 4.78 is 13.3. The molecule has 1 heterocycles. The van der Waals surface area contributed by atoms with Crippen molar-refractivity contribution in [3.05, 3.63) is 59.5 Å². The van der Waals surface area contributed by atoms with E-state index in [0.717, 1.165) is 0 Å². The molecule has 1 atom stereocenters. The largest absolute Gasteiger partial charge is 0.507 e. The maximum atomic E-state index is 13.3. The minimum Gasteiger partial charge on any atom is -0.507 e. The molecule has 0 aliphatic rings. The summed E-state index contributed by atoms with van der Waals surface area (Å²) >= 11 is 0. The lowest BCUT2D eigenvalue weighted by molar-refractivity contribution is -0.141. The number of aliphatic carboxylic acids is 1. The van der Waals surface area contributed by atoms with E-state index in [4.69, 9.17) is 0 Å². The van der Waals surface area contributed by atoms with E-state index < -0.39 is 41.4 Å². The van der Waals surface area contributed by atoms with E-state index in [1.807, 2.05) is 0 Å². The van der Waals surface area contributed by atoms with Crippen LogP contribution in [0.5, 0.6) is 11.5 Å². The smallest absolute Gasteiger partial charge is 0.307 e. The van der Waals surface area contributed by atoms with Gasteiger partial charge in [-0.25, -0.2) is 4.39 Å². The van der Waals surface area contributed by atoms with Gasteiger partial charge in [-0.15, -0.1) is 0 Å². The van der Waals surface area contributed by atoms with Crippen LogP contribution in [0.2, 0.25) is 0 Å². The number of H-pyrrole nitrogens is 1. The van der Waals surface area contributed by atoms with Gasteiger partial charge in [-0.05, 0) is 42.3 Å². The molecule has 0 aliphatic carbocycles. The summed E-state index contributed by atoms with van der Waals surface area (Å²) in [4.78, 5) is 26.9. The highest BCUT2D eigenvalue weighted by molar-refractivity contribution is 6.02. The number of aromatic hydroxyl groups is 2. The van der Waals surface area contributed by atoms with E-state index in [1.54, 1.807) is 12.3 Å². The van der Waals surface area contributed by atoms with Gasteiger partial charge in [0.2, 0.25) is 0 Å². The zero-order valence-corrected chi connectivity index (χ0v) is 13.6. The minimum absolute atomic E-state index is 0.0427. The Morgan fingerprint density at radius 3 is 2.46 bits per heavy atom. The molecule has 3 aromatic rings. The van der Waals surface area contributed by atoms with Crippen LogP contribution in [0.15, 0.2) is 42.6 Å². The molecule has 1 aromatic heterocycles. The SMILES string of the molecule is O=C(CC(Cc1c[nH]c2cc(F)ccc12)C(=O)O)c1c(O)cccc1O. The van der Waals surface area contributed by atoms with E-state index >= 15 is 0 Å². The molecule has 0 fully saturated rings. The molecule has 7 heteroatoms. The highest BCUT2D eigenvalue weighted by Crippen LogP contribution is 2.30. The first kappa shape index (κ1) is 17.5. The van der Waals surface area contributed by atoms with Gasteiger partial charge < -0.3 is 20.3 Å².